The van der Waals surface area contributed by atoms with Gasteiger partial charge in [-0.1, -0.05) is 75.7 Å². The Morgan fingerprint density at radius 2 is 1.19 bits per heavy atom. The van der Waals surface area contributed by atoms with Gasteiger partial charge in [-0.05, 0) is 54.4 Å². The number of fused-ring (bicyclic) bond motifs is 3. The molecule has 0 heterocycles. The van der Waals surface area contributed by atoms with Gasteiger partial charge in [-0.15, -0.1) is 0 Å². The van der Waals surface area contributed by atoms with Crippen LogP contribution in [0.4, 0.5) is 0 Å². The lowest BCUT2D eigenvalue weighted by atomic mass is 9.90. The predicted octanol–water partition coefficient (Wildman–Crippen LogP) is 6.26. The lowest BCUT2D eigenvalue weighted by Gasteiger charge is -2.15. The molecule has 1 aromatic rings. The summed E-state index contributed by atoms with van der Waals surface area (Å²) in [6.07, 6.45) is 22.9. The van der Waals surface area contributed by atoms with E-state index >= 15 is 0 Å². The van der Waals surface area contributed by atoms with Crippen molar-refractivity contribution >= 4 is 6.08 Å². The second-order valence-electron chi connectivity index (χ2n) is 6.91. The standard InChI is InChI=1S/C21H30/c1-2-4-6-8-10-14-20-18(12-9-7-5-3-1)16-17-19-13-11-15-21(19)20/h11,13,16-17H,1-10,12,14-15H2. The third-order valence-electron chi connectivity index (χ3n) is 5.31. The second kappa shape index (κ2) is 7.82. The lowest BCUT2D eigenvalue weighted by Crippen LogP contribution is -2.02. The van der Waals surface area contributed by atoms with Crippen LogP contribution in [0, 0.1) is 0 Å². The summed E-state index contributed by atoms with van der Waals surface area (Å²) in [4.78, 5) is 0. The summed E-state index contributed by atoms with van der Waals surface area (Å²) < 4.78 is 0. The van der Waals surface area contributed by atoms with Gasteiger partial charge in [-0.2, -0.15) is 0 Å². The molecule has 0 amide bonds. The summed E-state index contributed by atoms with van der Waals surface area (Å²) in [5.74, 6) is 0. The fourth-order valence-corrected chi connectivity index (χ4v) is 4.04. The highest BCUT2D eigenvalue weighted by Gasteiger charge is 2.14. The van der Waals surface area contributed by atoms with Crippen molar-refractivity contribution in [1.82, 2.24) is 0 Å². The first-order valence-electron chi connectivity index (χ1n) is 9.25. The largest absolute Gasteiger partial charge is 0.0795 e. The molecule has 3 rings (SSSR count). The molecule has 0 atom stereocenters. The molecular weight excluding hydrogens is 252 g/mol. The Labute approximate surface area is 130 Å². The predicted molar refractivity (Wildman–Crippen MR) is 92.8 cm³/mol. The van der Waals surface area contributed by atoms with Gasteiger partial charge in [-0.3, -0.25) is 0 Å². The Bertz CT molecular complexity index is 481. The molecule has 0 aliphatic heterocycles. The third-order valence-corrected chi connectivity index (χ3v) is 5.31. The molecule has 0 unspecified atom stereocenters. The van der Waals surface area contributed by atoms with Crippen LogP contribution in [0.2, 0.25) is 0 Å². The van der Waals surface area contributed by atoms with Crippen molar-refractivity contribution in [1.29, 1.82) is 0 Å². The van der Waals surface area contributed by atoms with E-state index in [0.29, 0.717) is 0 Å². The fraction of sp³-hybridized carbons (Fsp3) is 0.619. The Morgan fingerprint density at radius 3 is 1.90 bits per heavy atom. The zero-order valence-corrected chi connectivity index (χ0v) is 13.5. The zero-order chi connectivity index (χ0) is 14.3. The maximum atomic E-state index is 2.43. The smallest absolute Gasteiger partial charge is 0.00853 e. The number of allylic oxidation sites excluding steroid dienone is 1. The summed E-state index contributed by atoms with van der Waals surface area (Å²) >= 11 is 0. The summed E-state index contributed by atoms with van der Waals surface area (Å²) in [6.45, 7) is 0. The summed E-state index contributed by atoms with van der Waals surface area (Å²) in [6, 6.07) is 4.79. The van der Waals surface area contributed by atoms with Crippen molar-refractivity contribution in [3.8, 4) is 0 Å². The van der Waals surface area contributed by atoms with Crippen LogP contribution in [0.5, 0.6) is 0 Å². The van der Waals surface area contributed by atoms with Gasteiger partial charge >= 0.3 is 0 Å². The van der Waals surface area contributed by atoms with Crippen molar-refractivity contribution in [2.75, 3.05) is 0 Å². The van der Waals surface area contributed by atoms with Crippen molar-refractivity contribution in [2.24, 2.45) is 0 Å². The zero-order valence-electron chi connectivity index (χ0n) is 13.5. The van der Waals surface area contributed by atoms with Crippen LogP contribution in [-0.4, -0.2) is 0 Å². The first kappa shape index (κ1) is 14.9. The Hall–Kier alpha value is -1.04. The highest BCUT2D eigenvalue weighted by Crippen LogP contribution is 2.29. The molecule has 21 heavy (non-hydrogen) atoms. The van der Waals surface area contributed by atoms with E-state index in [0.717, 1.165) is 0 Å². The number of benzene rings is 1. The van der Waals surface area contributed by atoms with Crippen LogP contribution in [0.25, 0.3) is 6.08 Å². The van der Waals surface area contributed by atoms with E-state index in [-0.39, 0.29) is 0 Å². The lowest BCUT2D eigenvalue weighted by molar-refractivity contribution is 0.546. The van der Waals surface area contributed by atoms with E-state index in [1.165, 1.54) is 89.0 Å². The van der Waals surface area contributed by atoms with Crippen molar-refractivity contribution < 1.29 is 0 Å². The topological polar surface area (TPSA) is 0 Å². The van der Waals surface area contributed by atoms with Gasteiger partial charge in [0.25, 0.3) is 0 Å². The maximum Gasteiger partial charge on any atom is -0.00853 e. The average Bonchev–Trinajstić information content (AvgIpc) is 2.97. The van der Waals surface area contributed by atoms with Gasteiger partial charge in [0, 0.05) is 0 Å². The van der Waals surface area contributed by atoms with Crippen molar-refractivity contribution in [3.05, 3.63) is 40.5 Å². The van der Waals surface area contributed by atoms with E-state index < -0.39 is 0 Å². The second-order valence-corrected chi connectivity index (χ2v) is 6.91. The molecule has 0 nitrogen and oxygen atoms in total. The minimum atomic E-state index is 1.18. The Kier molecular flexibility index (Phi) is 5.54. The number of hydrogen-bond donors (Lipinski definition) is 0. The minimum absolute atomic E-state index is 1.18. The quantitative estimate of drug-likeness (QED) is 0.527. The molecule has 0 N–H and O–H groups in total. The molecule has 2 aliphatic rings. The first-order valence-corrected chi connectivity index (χ1v) is 9.25. The van der Waals surface area contributed by atoms with Gasteiger partial charge in [0.1, 0.15) is 0 Å². The highest BCUT2D eigenvalue weighted by molar-refractivity contribution is 5.63. The summed E-state index contributed by atoms with van der Waals surface area (Å²) in [7, 11) is 0. The van der Waals surface area contributed by atoms with Crippen molar-refractivity contribution in [3.63, 3.8) is 0 Å². The van der Waals surface area contributed by atoms with Gasteiger partial charge in [0.2, 0.25) is 0 Å². The molecule has 0 heteroatoms. The molecular formula is C21H30. The van der Waals surface area contributed by atoms with Gasteiger partial charge in [0.05, 0.1) is 0 Å². The molecule has 0 saturated heterocycles. The number of aryl methyl sites for hydroxylation is 1. The first-order chi connectivity index (χ1) is 10.4. The van der Waals surface area contributed by atoms with Crippen LogP contribution >= 0.6 is 0 Å². The van der Waals surface area contributed by atoms with Crippen molar-refractivity contribution in [2.45, 2.75) is 83.5 Å². The average molecular weight is 282 g/mol. The Balaban J connectivity index is 1.73. The molecule has 0 aromatic heterocycles. The van der Waals surface area contributed by atoms with Crippen LogP contribution in [0.3, 0.4) is 0 Å². The molecule has 0 radical (unpaired) electrons. The van der Waals surface area contributed by atoms with E-state index in [2.05, 4.69) is 24.3 Å². The number of hydrogen-bond acceptors (Lipinski definition) is 0. The number of rotatable bonds is 0. The van der Waals surface area contributed by atoms with E-state index in [9.17, 15) is 0 Å². The molecule has 0 spiro atoms. The summed E-state index contributed by atoms with van der Waals surface area (Å²) in [5, 5.41) is 0. The third kappa shape index (κ3) is 3.99. The van der Waals surface area contributed by atoms with E-state index in [4.69, 9.17) is 0 Å². The van der Waals surface area contributed by atoms with Crippen LogP contribution in [0.15, 0.2) is 18.2 Å². The fourth-order valence-electron chi connectivity index (χ4n) is 4.04. The van der Waals surface area contributed by atoms with Crippen LogP contribution < -0.4 is 0 Å². The molecule has 2 aliphatic carbocycles. The normalized spacial score (nSPS) is 20.6. The van der Waals surface area contributed by atoms with Gasteiger partial charge in [0.15, 0.2) is 0 Å². The minimum Gasteiger partial charge on any atom is -0.0795 e. The summed E-state index contributed by atoms with van der Waals surface area (Å²) in [5.41, 5.74) is 6.53. The van der Waals surface area contributed by atoms with Crippen LogP contribution in [0.1, 0.15) is 86.5 Å². The van der Waals surface area contributed by atoms with Gasteiger partial charge < -0.3 is 0 Å². The Morgan fingerprint density at radius 1 is 0.571 bits per heavy atom. The molecule has 0 saturated carbocycles. The molecule has 0 fully saturated rings. The molecule has 1 aromatic carbocycles. The van der Waals surface area contributed by atoms with E-state index in [1.54, 1.807) is 16.7 Å². The monoisotopic (exact) mass is 282 g/mol. The maximum absolute atomic E-state index is 2.43. The van der Waals surface area contributed by atoms with E-state index in [1.807, 2.05) is 0 Å². The van der Waals surface area contributed by atoms with Gasteiger partial charge in [-0.25, -0.2) is 0 Å². The SMILES string of the molecule is C1=Cc2ccc3c(c2C1)CCCCCCCCCCCC3. The highest BCUT2D eigenvalue weighted by atomic mass is 14.2. The molecule has 114 valence electrons. The molecule has 0 bridgehead atoms. The van der Waals surface area contributed by atoms with Crippen LogP contribution in [-0.2, 0) is 19.3 Å².